The molecule has 24 heavy (non-hydrogen) atoms. The van der Waals surface area contributed by atoms with Crippen molar-refractivity contribution in [3.63, 3.8) is 0 Å². The third-order valence-corrected chi connectivity index (χ3v) is 4.84. The molecule has 2 aromatic heterocycles. The van der Waals surface area contributed by atoms with Crippen LogP contribution >= 0.6 is 0 Å². The summed E-state index contributed by atoms with van der Waals surface area (Å²) in [5.74, 6) is -0.252. The largest absolute Gasteiger partial charge is 0.435 e. The van der Waals surface area contributed by atoms with E-state index in [1.807, 2.05) is 0 Å². The number of aromatic nitrogens is 4. The van der Waals surface area contributed by atoms with Gasteiger partial charge < -0.3 is 0 Å². The second-order valence-electron chi connectivity index (χ2n) is 5.63. The van der Waals surface area contributed by atoms with E-state index < -0.39 is 21.9 Å². The minimum Gasteiger partial charge on any atom is -0.274 e. The molecule has 0 aromatic carbocycles. The van der Waals surface area contributed by atoms with Gasteiger partial charge in [0, 0.05) is 32.5 Å². The van der Waals surface area contributed by atoms with Crippen molar-refractivity contribution in [2.45, 2.75) is 31.5 Å². The van der Waals surface area contributed by atoms with E-state index in [4.69, 9.17) is 0 Å². The molecule has 1 unspecified atom stereocenters. The van der Waals surface area contributed by atoms with Crippen LogP contribution in [0.5, 0.6) is 0 Å². The highest BCUT2D eigenvalue weighted by Crippen LogP contribution is 2.27. The number of aryl methyl sites for hydroxylation is 2. The highest BCUT2D eigenvalue weighted by molar-refractivity contribution is 7.89. The first-order valence-corrected chi connectivity index (χ1v) is 8.58. The Morgan fingerprint density at radius 3 is 2.50 bits per heavy atom. The predicted molar refractivity (Wildman–Crippen MR) is 79.5 cm³/mol. The summed E-state index contributed by atoms with van der Waals surface area (Å²) in [6, 6.07) is 0.885. The molecule has 0 aliphatic carbocycles. The quantitative estimate of drug-likeness (QED) is 0.842. The van der Waals surface area contributed by atoms with Gasteiger partial charge in [-0.15, -0.1) is 0 Å². The number of alkyl halides is 3. The number of hydrogen-bond acceptors (Lipinski definition) is 4. The number of hydrogen-bond donors (Lipinski definition) is 1. The molecule has 0 saturated heterocycles. The van der Waals surface area contributed by atoms with E-state index in [0.29, 0.717) is 5.69 Å². The Labute approximate surface area is 137 Å². The normalized spacial score (nSPS) is 14.1. The fraction of sp³-hybridized carbons (Fsp3) is 0.538. The maximum Gasteiger partial charge on any atom is 0.435 e. The van der Waals surface area contributed by atoms with E-state index >= 15 is 0 Å². The van der Waals surface area contributed by atoms with Crippen LogP contribution in [0, 0.1) is 12.8 Å². The Hall–Kier alpha value is -1.88. The zero-order valence-electron chi connectivity index (χ0n) is 13.4. The topological polar surface area (TPSA) is 81.8 Å². The summed E-state index contributed by atoms with van der Waals surface area (Å²) >= 11 is 0. The summed E-state index contributed by atoms with van der Waals surface area (Å²) in [6.07, 6.45) is -1.88. The van der Waals surface area contributed by atoms with Gasteiger partial charge >= 0.3 is 6.18 Å². The lowest BCUT2D eigenvalue weighted by molar-refractivity contribution is -0.141. The molecule has 0 spiro atoms. The van der Waals surface area contributed by atoms with Gasteiger partial charge in [-0.25, -0.2) is 13.1 Å². The average molecular weight is 365 g/mol. The van der Waals surface area contributed by atoms with Gasteiger partial charge in [0.15, 0.2) is 5.69 Å². The first-order chi connectivity index (χ1) is 11.0. The number of nitrogens with zero attached hydrogens (tertiary/aromatic N) is 4. The molecule has 11 heteroatoms. The Bertz CT molecular complexity index is 810. The highest BCUT2D eigenvalue weighted by Gasteiger charge is 2.33. The fourth-order valence-corrected chi connectivity index (χ4v) is 3.55. The summed E-state index contributed by atoms with van der Waals surface area (Å²) in [5, 5.41) is 7.42. The Balaban J connectivity index is 1.97. The molecule has 0 radical (unpaired) electrons. The van der Waals surface area contributed by atoms with Crippen molar-refractivity contribution < 1.29 is 21.6 Å². The summed E-state index contributed by atoms with van der Waals surface area (Å²) in [5.41, 5.74) is -0.596. The van der Waals surface area contributed by atoms with Crippen molar-refractivity contribution in [3.8, 4) is 0 Å². The van der Waals surface area contributed by atoms with E-state index in [1.165, 1.54) is 17.1 Å². The summed E-state index contributed by atoms with van der Waals surface area (Å²) in [4.78, 5) is 0.0793. The zero-order valence-corrected chi connectivity index (χ0v) is 14.2. The van der Waals surface area contributed by atoms with Crippen molar-refractivity contribution >= 4 is 10.0 Å². The Morgan fingerprint density at radius 1 is 1.33 bits per heavy atom. The minimum atomic E-state index is -4.49. The molecule has 1 atom stereocenters. The third-order valence-electron chi connectivity index (χ3n) is 3.31. The molecule has 0 saturated carbocycles. The van der Waals surface area contributed by atoms with Gasteiger partial charge in [0.25, 0.3) is 0 Å². The van der Waals surface area contributed by atoms with Gasteiger partial charge in [-0.05, 0) is 18.9 Å². The fourth-order valence-electron chi connectivity index (χ4n) is 2.17. The highest BCUT2D eigenvalue weighted by atomic mass is 32.2. The summed E-state index contributed by atoms with van der Waals surface area (Å²) in [7, 11) is -2.10. The molecule has 2 heterocycles. The zero-order chi connectivity index (χ0) is 18.1. The van der Waals surface area contributed by atoms with Crippen molar-refractivity contribution in [2.24, 2.45) is 13.0 Å². The van der Waals surface area contributed by atoms with Crippen LogP contribution in [0.25, 0.3) is 0 Å². The molecule has 0 aliphatic heterocycles. The van der Waals surface area contributed by atoms with Gasteiger partial charge in [0.05, 0.1) is 5.69 Å². The number of halogens is 3. The van der Waals surface area contributed by atoms with Crippen LogP contribution in [-0.2, 0) is 29.8 Å². The van der Waals surface area contributed by atoms with Gasteiger partial charge in [-0.3, -0.25) is 9.36 Å². The minimum absolute atomic E-state index is 0.0673. The lowest BCUT2D eigenvalue weighted by atomic mass is 10.2. The van der Waals surface area contributed by atoms with Crippen LogP contribution in [0.4, 0.5) is 13.2 Å². The van der Waals surface area contributed by atoms with Crippen molar-refractivity contribution in [3.05, 3.63) is 29.8 Å². The number of nitrogens with one attached hydrogen (secondary N) is 1. The van der Waals surface area contributed by atoms with Crippen molar-refractivity contribution in [2.75, 3.05) is 6.54 Å². The molecule has 0 bridgehead atoms. The number of rotatable bonds is 6. The molecule has 134 valence electrons. The second-order valence-corrected chi connectivity index (χ2v) is 7.37. The lowest BCUT2D eigenvalue weighted by Gasteiger charge is -2.13. The Kier molecular flexibility index (Phi) is 5.04. The molecular formula is C13H18F3N5O2S. The van der Waals surface area contributed by atoms with Crippen LogP contribution in [0.15, 0.2) is 23.4 Å². The van der Waals surface area contributed by atoms with E-state index in [1.54, 1.807) is 20.9 Å². The molecule has 0 amide bonds. The van der Waals surface area contributed by atoms with Gasteiger partial charge in [-0.2, -0.15) is 23.4 Å². The maximum atomic E-state index is 12.5. The number of sulfonamides is 1. The standard InChI is InChI=1S/C13H18F3N5O2S/c1-9(7-21-5-4-12(19-21)13(14,15)16)6-17-24(22,23)11-8-20(3)18-10(11)2/h4-5,8-9,17H,6-7H2,1-3H3. The Morgan fingerprint density at radius 2 is 2.00 bits per heavy atom. The molecule has 2 aromatic rings. The third kappa shape index (κ3) is 4.35. The molecular weight excluding hydrogens is 347 g/mol. The van der Waals surface area contributed by atoms with Crippen LogP contribution in [-0.4, -0.2) is 34.5 Å². The first-order valence-electron chi connectivity index (χ1n) is 7.09. The van der Waals surface area contributed by atoms with E-state index in [-0.39, 0.29) is 23.9 Å². The average Bonchev–Trinajstić information content (AvgIpc) is 3.03. The van der Waals surface area contributed by atoms with Crippen molar-refractivity contribution in [1.29, 1.82) is 0 Å². The molecule has 0 aliphatic rings. The SMILES string of the molecule is Cc1nn(C)cc1S(=O)(=O)NCC(C)Cn1ccc(C(F)(F)F)n1. The van der Waals surface area contributed by atoms with Crippen LogP contribution in [0.1, 0.15) is 18.3 Å². The smallest absolute Gasteiger partial charge is 0.274 e. The molecule has 1 N–H and O–H groups in total. The molecule has 0 fully saturated rings. The van der Waals surface area contributed by atoms with Crippen LogP contribution in [0.2, 0.25) is 0 Å². The monoisotopic (exact) mass is 365 g/mol. The van der Waals surface area contributed by atoms with E-state index in [0.717, 1.165) is 10.7 Å². The van der Waals surface area contributed by atoms with Crippen LogP contribution in [0.3, 0.4) is 0 Å². The summed E-state index contributed by atoms with van der Waals surface area (Å²) < 4.78 is 66.9. The van der Waals surface area contributed by atoms with Gasteiger partial charge in [0.2, 0.25) is 10.0 Å². The summed E-state index contributed by atoms with van der Waals surface area (Å²) in [6.45, 7) is 3.52. The molecule has 7 nitrogen and oxygen atoms in total. The van der Waals surface area contributed by atoms with Gasteiger partial charge in [-0.1, -0.05) is 6.92 Å². The second kappa shape index (κ2) is 6.55. The molecule has 2 rings (SSSR count). The lowest BCUT2D eigenvalue weighted by Crippen LogP contribution is -2.30. The van der Waals surface area contributed by atoms with E-state index in [9.17, 15) is 21.6 Å². The van der Waals surface area contributed by atoms with Crippen molar-refractivity contribution in [1.82, 2.24) is 24.3 Å². The maximum absolute atomic E-state index is 12.5. The first kappa shape index (κ1) is 18.5. The predicted octanol–water partition coefficient (Wildman–Crippen LogP) is 1.56. The van der Waals surface area contributed by atoms with E-state index in [2.05, 4.69) is 14.9 Å². The van der Waals surface area contributed by atoms with Crippen LogP contribution < -0.4 is 4.72 Å². The van der Waals surface area contributed by atoms with Gasteiger partial charge in [0.1, 0.15) is 4.90 Å².